The molecule has 2 heterocycles. The Morgan fingerprint density at radius 3 is 3.00 bits per heavy atom. The highest BCUT2D eigenvalue weighted by atomic mass is 79.9. The molecule has 0 radical (unpaired) electrons. The molecule has 78 valence electrons. The molecule has 0 amide bonds. The van der Waals surface area contributed by atoms with Crippen molar-refractivity contribution < 1.29 is 4.42 Å². The Kier molecular flexibility index (Phi) is 3.06. The van der Waals surface area contributed by atoms with Crippen LogP contribution in [-0.4, -0.2) is 12.0 Å². The van der Waals surface area contributed by atoms with E-state index in [0.717, 1.165) is 22.3 Å². The van der Waals surface area contributed by atoms with Crippen molar-refractivity contribution in [2.24, 2.45) is 0 Å². The first-order valence-electron chi connectivity index (χ1n) is 4.59. The van der Waals surface area contributed by atoms with E-state index in [1.165, 1.54) is 0 Å². The largest absolute Gasteiger partial charge is 0.472 e. The van der Waals surface area contributed by atoms with Gasteiger partial charge in [-0.2, -0.15) is 0 Å². The highest BCUT2D eigenvalue weighted by molar-refractivity contribution is 9.10. The highest BCUT2D eigenvalue weighted by Crippen LogP contribution is 2.24. The van der Waals surface area contributed by atoms with Gasteiger partial charge in [0, 0.05) is 31.5 Å². The van der Waals surface area contributed by atoms with Crippen molar-refractivity contribution >= 4 is 21.6 Å². The molecule has 0 N–H and O–H groups in total. The Labute approximate surface area is 96.9 Å². The van der Waals surface area contributed by atoms with E-state index in [4.69, 9.17) is 4.42 Å². The van der Waals surface area contributed by atoms with Crippen LogP contribution in [0.25, 0.3) is 0 Å². The van der Waals surface area contributed by atoms with Crippen molar-refractivity contribution in [2.75, 3.05) is 11.9 Å². The van der Waals surface area contributed by atoms with Crippen LogP contribution in [-0.2, 0) is 6.54 Å². The molecule has 15 heavy (non-hydrogen) atoms. The maximum absolute atomic E-state index is 5.03. The zero-order valence-corrected chi connectivity index (χ0v) is 9.94. The topological polar surface area (TPSA) is 29.3 Å². The molecule has 3 nitrogen and oxygen atoms in total. The van der Waals surface area contributed by atoms with E-state index < -0.39 is 0 Å². The molecule has 0 unspecified atom stereocenters. The SMILES string of the molecule is CN(Cc1ccoc1)c1ccncc1Br. The van der Waals surface area contributed by atoms with Crippen LogP contribution in [0.2, 0.25) is 0 Å². The van der Waals surface area contributed by atoms with Crippen molar-refractivity contribution in [1.82, 2.24) is 4.98 Å². The number of nitrogens with zero attached hydrogens (tertiary/aromatic N) is 2. The molecular formula is C11H11BrN2O. The Hall–Kier alpha value is -1.29. The molecule has 0 saturated carbocycles. The summed E-state index contributed by atoms with van der Waals surface area (Å²) in [5.74, 6) is 0. The monoisotopic (exact) mass is 266 g/mol. The highest BCUT2D eigenvalue weighted by Gasteiger charge is 2.06. The lowest BCUT2D eigenvalue weighted by Crippen LogP contribution is -2.16. The number of anilines is 1. The van der Waals surface area contributed by atoms with E-state index >= 15 is 0 Å². The van der Waals surface area contributed by atoms with Gasteiger partial charge in [-0.3, -0.25) is 4.98 Å². The number of furan rings is 1. The summed E-state index contributed by atoms with van der Waals surface area (Å²) in [4.78, 5) is 6.17. The number of rotatable bonds is 3. The second-order valence-corrected chi connectivity index (χ2v) is 4.17. The minimum Gasteiger partial charge on any atom is -0.472 e. The number of hydrogen-bond donors (Lipinski definition) is 0. The fraction of sp³-hybridized carbons (Fsp3) is 0.182. The van der Waals surface area contributed by atoms with Gasteiger partial charge in [-0.25, -0.2) is 0 Å². The van der Waals surface area contributed by atoms with E-state index in [2.05, 4.69) is 25.8 Å². The third kappa shape index (κ3) is 2.39. The van der Waals surface area contributed by atoms with E-state index in [1.807, 2.05) is 19.2 Å². The molecule has 0 saturated heterocycles. The summed E-state index contributed by atoms with van der Waals surface area (Å²) in [6.07, 6.45) is 7.02. The van der Waals surface area contributed by atoms with Gasteiger partial charge in [0.1, 0.15) is 0 Å². The van der Waals surface area contributed by atoms with E-state index in [1.54, 1.807) is 24.9 Å². The Morgan fingerprint density at radius 2 is 2.33 bits per heavy atom. The fourth-order valence-electron chi connectivity index (χ4n) is 1.42. The Morgan fingerprint density at radius 1 is 1.47 bits per heavy atom. The van der Waals surface area contributed by atoms with Gasteiger partial charge >= 0.3 is 0 Å². The summed E-state index contributed by atoms with van der Waals surface area (Å²) < 4.78 is 6.03. The smallest absolute Gasteiger partial charge is 0.0952 e. The molecule has 0 aliphatic carbocycles. The minimum atomic E-state index is 0.819. The van der Waals surface area contributed by atoms with Gasteiger partial charge in [0.15, 0.2) is 0 Å². The lowest BCUT2D eigenvalue weighted by atomic mass is 10.3. The summed E-state index contributed by atoms with van der Waals surface area (Å²) in [6.45, 7) is 0.819. The average molecular weight is 267 g/mol. The van der Waals surface area contributed by atoms with Crippen LogP contribution in [0.5, 0.6) is 0 Å². The maximum Gasteiger partial charge on any atom is 0.0952 e. The lowest BCUT2D eigenvalue weighted by molar-refractivity contribution is 0.563. The van der Waals surface area contributed by atoms with Crippen LogP contribution in [0.4, 0.5) is 5.69 Å². The van der Waals surface area contributed by atoms with Gasteiger partial charge in [-0.1, -0.05) is 0 Å². The number of hydrogen-bond acceptors (Lipinski definition) is 3. The number of halogens is 1. The third-order valence-electron chi connectivity index (χ3n) is 2.16. The molecule has 0 atom stereocenters. The van der Waals surface area contributed by atoms with Crippen molar-refractivity contribution in [1.29, 1.82) is 0 Å². The van der Waals surface area contributed by atoms with Crippen LogP contribution in [0, 0.1) is 0 Å². The van der Waals surface area contributed by atoms with Crippen LogP contribution >= 0.6 is 15.9 Å². The van der Waals surface area contributed by atoms with Gasteiger partial charge in [0.2, 0.25) is 0 Å². The van der Waals surface area contributed by atoms with E-state index in [9.17, 15) is 0 Å². The van der Waals surface area contributed by atoms with Crippen molar-refractivity contribution in [2.45, 2.75) is 6.54 Å². The van der Waals surface area contributed by atoms with Crippen LogP contribution < -0.4 is 4.90 Å². The minimum absolute atomic E-state index is 0.819. The number of aromatic nitrogens is 1. The predicted octanol–water partition coefficient (Wildman–Crippen LogP) is 3.07. The van der Waals surface area contributed by atoms with Crippen molar-refractivity contribution in [3.8, 4) is 0 Å². The summed E-state index contributed by atoms with van der Waals surface area (Å²) in [6, 6.07) is 3.94. The molecule has 2 aromatic heterocycles. The zero-order chi connectivity index (χ0) is 10.7. The van der Waals surface area contributed by atoms with Gasteiger partial charge in [0.05, 0.1) is 22.7 Å². The Balaban J connectivity index is 2.15. The molecule has 0 aliphatic rings. The molecule has 4 heteroatoms. The summed E-state index contributed by atoms with van der Waals surface area (Å²) in [7, 11) is 2.03. The van der Waals surface area contributed by atoms with Crippen molar-refractivity contribution in [3.05, 3.63) is 47.1 Å². The lowest BCUT2D eigenvalue weighted by Gasteiger charge is -2.19. The first-order valence-corrected chi connectivity index (χ1v) is 5.38. The Bertz CT molecular complexity index is 428. The van der Waals surface area contributed by atoms with Gasteiger partial charge in [0.25, 0.3) is 0 Å². The second-order valence-electron chi connectivity index (χ2n) is 3.31. The molecule has 0 bridgehead atoms. The maximum atomic E-state index is 5.03. The molecule has 2 rings (SSSR count). The normalized spacial score (nSPS) is 10.3. The quantitative estimate of drug-likeness (QED) is 0.855. The molecule has 0 fully saturated rings. The fourth-order valence-corrected chi connectivity index (χ4v) is 1.97. The first-order chi connectivity index (χ1) is 7.27. The standard InChI is InChI=1S/C11H11BrN2O/c1-14(7-9-3-5-15-8-9)11-2-4-13-6-10(11)12/h2-6,8H,7H2,1H3. The van der Waals surface area contributed by atoms with Crippen LogP contribution in [0.1, 0.15) is 5.56 Å². The second kappa shape index (κ2) is 4.49. The van der Waals surface area contributed by atoms with Crippen LogP contribution in [0.15, 0.2) is 45.9 Å². The summed E-state index contributed by atoms with van der Waals surface area (Å²) in [5.41, 5.74) is 2.27. The molecule has 0 aromatic carbocycles. The van der Waals surface area contributed by atoms with Gasteiger partial charge in [-0.05, 0) is 28.1 Å². The van der Waals surface area contributed by atoms with Gasteiger partial charge in [-0.15, -0.1) is 0 Å². The zero-order valence-electron chi connectivity index (χ0n) is 8.35. The van der Waals surface area contributed by atoms with E-state index in [0.29, 0.717) is 0 Å². The molecule has 2 aromatic rings. The number of pyridine rings is 1. The van der Waals surface area contributed by atoms with E-state index in [-0.39, 0.29) is 0 Å². The van der Waals surface area contributed by atoms with Crippen LogP contribution in [0.3, 0.4) is 0 Å². The predicted molar refractivity (Wildman–Crippen MR) is 62.8 cm³/mol. The summed E-state index contributed by atoms with van der Waals surface area (Å²) >= 11 is 3.47. The van der Waals surface area contributed by atoms with Gasteiger partial charge < -0.3 is 9.32 Å². The third-order valence-corrected chi connectivity index (χ3v) is 2.77. The molecular weight excluding hydrogens is 256 g/mol. The molecule has 0 aliphatic heterocycles. The first kappa shape index (κ1) is 10.2. The molecule has 0 spiro atoms. The summed E-state index contributed by atoms with van der Waals surface area (Å²) in [5, 5.41) is 0. The van der Waals surface area contributed by atoms with Crippen molar-refractivity contribution in [3.63, 3.8) is 0 Å². The average Bonchev–Trinajstić information content (AvgIpc) is 2.71.